The topological polar surface area (TPSA) is 321 Å². The molecule has 12 aromatic rings. The van der Waals surface area contributed by atoms with E-state index >= 15 is 0 Å². The van der Waals surface area contributed by atoms with Crippen LogP contribution in [0.5, 0.6) is 40.2 Å². The van der Waals surface area contributed by atoms with Crippen LogP contribution in [0.3, 0.4) is 0 Å². The monoisotopic (exact) mass is 1250 g/mol. The predicted molar refractivity (Wildman–Crippen MR) is 352 cm³/mol. The first-order chi connectivity index (χ1) is 44.1. The van der Waals surface area contributed by atoms with Gasteiger partial charge < -0.3 is 86.9 Å². The molecule has 1 saturated carbocycles. The molecule has 6 aromatic heterocycles. The molecule has 23 nitrogen and oxygen atoms in total. The van der Waals surface area contributed by atoms with Crippen LogP contribution >= 0.6 is 0 Å². The Labute approximate surface area is 525 Å². The van der Waals surface area contributed by atoms with Gasteiger partial charge in [0.1, 0.15) is 29.1 Å². The molecule has 0 spiro atoms. The zero-order valence-electron chi connectivity index (χ0n) is 49.7. The van der Waals surface area contributed by atoms with E-state index < -0.39 is 23.2 Å². The molecule has 6 aromatic carbocycles. The summed E-state index contributed by atoms with van der Waals surface area (Å²) in [5.41, 5.74) is 14.0. The van der Waals surface area contributed by atoms with Crippen molar-refractivity contribution in [2.45, 2.75) is 59.1 Å². The number of benzene rings is 6. The third-order valence-corrected chi connectivity index (χ3v) is 14.9. The number of nitrogens with zero attached hydrogens (tertiary/aromatic N) is 6. The Morgan fingerprint density at radius 3 is 1.32 bits per heavy atom. The summed E-state index contributed by atoms with van der Waals surface area (Å²) in [6.07, 6.45) is 11.8. The standard InChI is InChI=1S/C24H25FN6O3.C21H20FN5O2.C20H18FN5O2.CH4/c25-16-12-28-24(30-18-6-2-5-17-15(18)9-10-27-17)31-23(16)29-19-7-8-20(32)21(33)22(19)34-14-4-1-3-13(26)11-14;1-12-18(28-2)8-7-17(19(12)29-3)25-20-14(22)11-24-21(27-20)26-16-6-4-5-15-13(16)9-10-23-15;1-11-17(27)7-6-16(18(11)28-2)24-19-13(21)10-23-20(26-19)25-15-5-3-4-14-12(15)8-9-22-14;/h2,5-10,12-14,27,32-33H,1,3-4,11,26H2,(H2,28,29,30,31);4-11,23H,1-3H3,(H2,24,25,26,27);3-10,22,27H,1-2H3,(H2,23,24,25,26);1H4/t13-,14?;;;/m0.../s1. The molecule has 1 unspecified atom stereocenters. The summed E-state index contributed by atoms with van der Waals surface area (Å²) < 4.78 is 65.4. The number of aromatic nitrogens is 9. The molecule has 0 aliphatic heterocycles. The second-order valence-electron chi connectivity index (χ2n) is 20.9. The number of phenols is 3. The Morgan fingerprint density at radius 2 is 0.891 bits per heavy atom. The van der Waals surface area contributed by atoms with E-state index in [2.05, 4.69) is 76.8 Å². The molecule has 1 fully saturated rings. The number of halogens is 3. The molecule has 2 atom stereocenters. The first kappa shape index (κ1) is 63.4. The number of rotatable bonds is 17. The van der Waals surface area contributed by atoms with Crippen molar-refractivity contribution in [1.82, 2.24) is 44.9 Å². The zero-order valence-corrected chi connectivity index (χ0v) is 49.7. The van der Waals surface area contributed by atoms with Gasteiger partial charge in [-0.2, -0.15) is 15.0 Å². The number of methoxy groups -OCH3 is 3. The lowest BCUT2D eigenvalue weighted by atomic mass is 9.93. The molecule has 0 radical (unpaired) electrons. The van der Waals surface area contributed by atoms with Crippen LogP contribution in [0.1, 0.15) is 44.2 Å². The lowest BCUT2D eigenvalue weighted by Crippen LogP contribution is -2.33. The maximum Gasteiger partial charge on any atom is 0.229 e. The van der Waals surface area contributed by atoms with Crippen LogP contribution in [-0.2, 0) is 0 Å². The molecule has 0 amide bonds. The molecule has 13 rings (SSSR count). The highest BCUT2D eigenvalue weighted by molar-refractivity contribution is 5.95. The van der Waals surface area contributed by atoms with Crippen LogP contribution < -0.4 is 56.6 Å². The molecule has 1 aliphatic rings. The van der Waals surface area contributed by atoms with Gasteiger partial charge in [0.2, 0.25) is 23.6 Å². The van der Waals surface area contributed by atoms with E-state index in [1.807, 2.05) is 98.3 Å². The summed E-state index contributed by atoms with van der Waals surface area (Å²) in [7, 11) is 4.61. The fourth-order valence-corrected chi connectivity index (χ4v) is 10.4. The second kappa shape index (κ2) is 28.2. The average molecular weight is 1250 g/mol. The molecule has 6 heterocycles. The summed E-state index contributed by atoms with van der Waals surface area (Å²) in [5, 5.41) is 51.3. The number of ether oxygens (including phenoxy) is 4. The molecular weight excluding hydrogens is 1190 g/mol. The molecule has 0 saturated heterocycles. The molecule has 0 bridgehead atoms. The van der Waals surface area contributed by atoms with Gasteiger partial charge in [0.15, 0.2) is 46.4 Å². The van der Waals surface area contributed by atoms with Crippen molar-refractivity contribution in [2.24, 2.45) is 5.73 Å². The fraction of sp³-hybridized carbons (Fsp3) is 0.182. The summed E-state index contributed by atoms with van der Waals surface area (Å²) in [6.45, 7) is 3.57. The third-order valence-electron chi connectivity index (χ3n) is 14.9. The van der Waals surface area contributed by atoms with Gasteiger partial charge in [-0.1, -0.05) is 25.6 Å². The molecule has 26 heteroatoms. The summed E-state index contributed by atoms with van der Waals surface area (Å²) in [4.78, 5) is 34.3. The number of nitrogens with two attached hydrogens (primary N) is 1. The van der Waals surface area contributed by atoms with Gasteiger partial charge >= 0.3 is 0 Å². The lowest BCUT2D eigenvalue weighted by Gasteiger charge is -2.28. The van der Waals surface area contributed by atoms with Crippen LogP contribution in [0, 0.1) is 31.3 Å². The SMILES string of the molecule is C.COc1c(Nc2nc(Nc3cccc4[nH]ccc34)ncc2F)ccc(O)c1C.COc1ccc(Nc2nc(Nc3cccc4[nH]ccc34)ncc2F)c(OC)c1C.N[C@H]1CCCC(Oc2c(Nc3nc(Nc4cccc5[nH]ccc45)ncc3F)ccc(O)c2O)C1. The van der Waals surface area contributed by atoms with Gasteiger partial charge in [-0.3, -0.25) is 0 Å². The molecule has 1 aliphatic carbocycles. The molecule has 474 valence electrons. The van der Waals surface area contributed by atoms with Crippen molar-refractivity contribution in [3.63, 3.8) is 0 Å². The number of H-pyrrole nitrogens is 3. The van der Waals surface area contributed by atoms with Crippen LogP contribution in [0.4, 0.5) is 82.6 Å². The van der Waals surface area contributed by atoms with Crippen LogP contribution in [0.2, 0.25) is 0 Å². The second-order valence-corrected chi connectivity index (χ2v) is 20.9. The van der Waals surface area contributed by atoms with Gasteiger partial charge in [0, 0.05) is 68.5 Å². The fourth-order valence-electron chi connectivity index (χ4n) is 10.4. The van der Waals surface area contributed by atoms with E-state index in [1.165, 1.54) is 25.3 Å². The van der Waals surface area contributed by atoms with E-state index in [-0.39, 0.29) is 77.8 Å². The van der Waals surface area contributed by atoms with Gasteiger partial charge in [-0.15, -0.1) is 0 Å². The van der Waals surface area contributed by atoms with Gasteiger partial charge in [0.05, 0.1) is 74.0 Å². The number of aromatic hydroxyl groups is 3. The summed E-state index contributed by atoms with van der Waals surface area (Å²) in [5.74, 6) is -0.315. The Morgan fingerprint density at radius 1 is 0.478 bits per heavy atom. The highest BCUT2D eigenvalue weighted by Crippen LogP contribution is 2.45. The minimum atomic E-state index is -0.691. The molecule has 14 N–H and O–H groups in total. The van der Waals surface area contributed by atoms with Crippen molar-refractivity contribution in [1.29, 1.82) is 0 Å². The van der Waals surface area contributed by atoms with Crippen molar-refractivity contribution in [3.05, 3.63) is 175 Å². The smallest absolute Gasteiger partial charge is 0.229 e. The zero-order chi connectivity index (χ0) is 63.7. The Balaban J connectivity index is 0.000000151. The maximum absolute atomic E-state index is 14.6. The minimum absolute atomic E-state index is 0. The van der Waals surface area contributed by atoms with E-state index in [0.717, 1.165) is 93.2 Å². The van der Waals surface area contributed by atoms with Crippen molar-refractivity contribution in [3.8, 4) is 40.2 Å². The van der Waals surface area contributed by atoms with Crippen molar-refractivity contribution in [2.75, 3.05) is 53.2 Å². The van der Waals surface area contributed by atoms with Gasteiger partial charge in [0.25, 0.3) is 0 Å². The number of hydrogen-bond donors (Lipinski definition) is 13. The van der Waals surface area contributed by atoms with E-state index in [9.17, 15) is 28.5 Å². The number of anilines is 12. The van der Waals surface area contributed by atoms with Crippen molar-refractivity contribution < 1.29 is 47.4 Å². The maximum atomic E-state index is 14.6. The normalized spacial score (nSPS) is 13.4. The lowest BCUT2D eigenvalue weighted by molar-refractivity contribution is 0.140. The average Bonchev–Trinajstić information content (AvgIpc) is 1.39. The first-order valence-electron chi connectivity index (χ1n) is 28.6. The third kappa shape index (κ3) is 14.1. The first-order valence-corrected chi connectivity index (χ1v) is 28.6. The van der Waals surface area contributed by atoms with Gasteiger partial charge in [-0.05, 0) is 131 Å². The largest absolute Gasteiger partial charge is 0.508 e. The molecule has 92 heavy (non-hydrogen) atoms. The van der Waals surface area contributed by atoms with Crippen LogP contribution in [0.15, 0.2) is 146 Å². The number of fused-ring (bicyclic) bond motifs is 3. The number of nitrogens with one attached hydrogen (secondary N) is 9. The minimum Gasteiger partial charge on any atom is -0.508 e. The molecular formula is C66H67F3N16O7. The highest BCUT2D eigenvalue weighted by atomic mass is 19.1. The van der Waals surface area contributed by atoms with Crippen LogP contribution in [-0.4, -0.2) is 93.7 Å². The van der Waals surface area contributed by atoms with E-state index in [4.69, 9.17) is 24.7 Å². The Bertz CT molecular complexity index is 4570. The van der Waals surface area contributed by atoms with Crippen LogP contribution in [0.25, 0.3) is 32.7 Å². The number of hydrogen-bond acceptors (Lipinski definition) is 20. The quantitative estimate of drug-likeness (QED) is 0.0298. The van der Waals surface area contributed by atoms with E-state index in [1.54, 1.807) is 39.3 Å². The van der Waals surface area contributed by atoms with E-state index in [0.29, 0.717) is 40.6 Å². The number of aromatic amines is 3. The summed E-state index contributed by atoms with van der Waals surface area (Å²) in [6, 6.07) is 32.4. The van der Waals surface area contributed by atoms with Gasteiger partial charge in [-0.25, -0.2) is 28.1 Å². The summed E-state index contributed by atoms with van der Waals surface area (Å²) >= 11 is 0. The Kier molecular flexibility index (Phi) is 19.4. The Hall–Kier alpha value is -11.7. The van der Waals surface area contributed by atoms with Crippen molar-refractivity contribution >= 4 is 102 Å². The predicted octanol–water partition coefficient (Wildman–Crippen LogP) is 14.8. The highest BCUT2D eigenvalue weighted by Gasteiger charge is 2.26. The number of phenolic OH excluding ortho intramolecular Hbond substituents is 3.